The molecule has 0 bridgehead atoms. The molecule has 0 radical (unpaired) electrons. The summed E-state index contributed by atoms with van der Waals surface area (Å²) in [5, 5.41) is 0. The average molecular weight is 419 g/mol. The topological polar surface area (TPSA) is 86.4 Å². The summed E-state index contributed by atoms with van der Waals surface area (Å²) in [6.45, 7) is 4.17. The van der Waals surface area contributed by atoms with E-state index in [1.807, 2.05) is 36.1 Å². The van der Waals surface area contributed by atoms with E-state index in [9.17, 15) is 13.2 Å². The van der Waals surface area contributed by atoms with Gasteiger partial charge in [-0.25, -0.2) is 17.7 Å². The Hall–Kier alpha value is -1.93. The largest absolute Gasteiger partial charge is 0.342 e. The lowest BCUT2D eigenvalue weighted by molar-refractivity contribution is -0.137. The van der Waals surface area contributed by atoms with E-state index in [1.165, 1.54) is 4.31 Å². The summed E-state index contributed by atoms with van der Waals surface area (Å²) < 4.78 is 26.3. The molecule has 2 aliphatic rings. The first-order chi connectivity index (χ1) is 14.0. The van der Waals surface area contributed by atoms with Crippen LogP contribution < -0.4 is 0 Å². The molecule has 1 amide bonds. The Morgan fingerprint density at radius 1 is 1.17 bits per heavy atom. The lowest BCUT2D eigenvalue weighted by Crippen LogP contribution is -2.48. The third-order valence-corrected chi connectivity index (χ3v) is 8.23. The van der Waals surface area contributed by atoms with Crippen LogP contribution in [0.2, 0.25) is 0 Å². The van der Waals surface area contributed by atoms with Gasteiger partial charge in [0.05, 0.1) is 22.7 Å². The van der Waals surface area contributed by atoms with Crippen LogP contribution in [0, 0.1) is 5.92 Å². The van der Waals surface area contributed by atoms with Gasteiger partial charge in [0, 0.05) is 32.1 Å². The van der Waals surface area contributed by atoms with E-state index in [0.29, 0.717) is 38.5 Å². The summed E-state index contributed by atoms with van der Waals surface area (Å²) in [5.74, 6) is 1.41. The van der Waals surface area contributed by atoms with Gasteiger partial charge in [-0.3, -0.25) is 4.79 Å². The molecule has 0 saturated carbocycles. The number of hydrogen-bond acceptors (Lipinski definition) is 4. The number of piperidine rings is 2. The summed E-state index contributed by atoms with van der Waals surface area (Å²) in [4.78, 5) is 23.1. The lowest BCUT2D eigenvalue weighted by Gasteiger charge is -2.37. The van der Waals surface area contributed by atoms with Crippen molar-refractivity contribution in [1.82, 2.24) is 19.2 Å². The fourth-order valence-corrected chi connectivity index (χ4v) is 6.17. The van der Waals surface area contributed by atoms with Crippen molar-refractivity contribution in [2.24, 2.45) is 5.92 Å². The number of rotatable bonds is 5. The highest BCUT2D eigenvalue weighted by molar-refractivity contribution is 7.89. The maximum atomic E-state index is 13.0. The average Bonchev–Trinajstić information content (AvgIpc) is 3.18. The van der Waals surface area contributed by atoms with Crippen LogP contribution in [0.15, 0.2) is 24.3 Å². The standard InChI is InChI=1S/C21H30N4O3S/c1-2-14-29(27,28)25-11-5-6-17(15-25)21(26)24-12-9-16(10-13-24)20-22-18-7-3-4-8-19(18)23-20/h3-4,7-8,16-17H,2,5-6,9-15H2,1H3,(H,22,23). The van der Waals surface area contributed by atoms with E-state index in [2.05, 4.69) is 4.98 Å². The second-order valence-corrected chi connectivity index (χ2v) is 10.3. The van der Waals surface area contributed by atoms with Gasteiger partial charge in [-0.1, -0.05) is 19.1 Å². The minimum atomic E-state index is -3.24. The highest BCUT2D eigenvalue weighted by atomic mass is 32.2. The van der Waals surface area contributed by atoms with Crippen molar-refractivity contribution < 1.29 is 13.2 Å². The molecule has 1 atom stereocenters. The summed E-state index contributed by atoms with van der Waals surface area (Å²) in [7, 11) is -3.24. The molecule has 158 valence electrons. The normalized spacial score (nSPS) is 22.2. The molecule has 2 aromatic rings. The summed E-state index contributed by atoms with van der Waals surface area (Å²) in [5.41, 5.74) is 2.04. The Balaban J connectivity index is 1.36. The number of nitrogens with one attached hydrogen (secondary N) is 1. The van der Waals surface area contributed by atoms with Crippen LogP contribution in [0.4, 0.5) is 0 Å². The fraction of sp³-hybridized carbons (Fsp3) is 0.619. The molecule has 4 rings (SSSR count). The number of carbonyl (C=O) groups is 1. The number of amides is 1. The quantitative estimate of drug-likeness (QED) is 0.809. The van der Waals surface area contributed by atoms with Crippen molar-refractivity contribution in [3.8, 4) is 0 Å². The minimum Gasteiger partial charge on any atom is -0.342 e. The number of imidazole rings is 1. The van der Waals surface area contributed by atoms with E-state index in [-0.39, 0.29) is 17.6 Å². The zero-order valence-electron chi connectivity index (χ0n) is 17.0. The number of nitrogens with zero attached hydrogens (tertiary/aromatic N) is 3. The predicted molar refractivity (Wildman–Crippen MR) is 113 cm³/mol. The van der Waals surface area contributed by atoms with Gasteiger partial charge >= 0.3 is 0 Å². The third kappa shape index (κ3) is 4.33. The van der Waals surface area contributed by atoms with Gasteiger partial charge in [0.15, 0.2) is 0 Å². The Morgan fingerprint density at radius 3 is 2.66 bits per heavy atom. The molecule has 1 unspecified atom stereocenters. The summed E-state index contributed by atoms with van der Waals surface area (Å²) >= 11 is 0. The second kappa shape index (κ2) is 8.44. The van der Waals surface area contributed by atoms with E-state index in [1.54, 1.807) is 0 Å². The van der Waals surface area contributed by atoms with Gasteiger partial charge in [0.25, 0.3) is 0 Å². The first kappa shape index (κ1) is 20.3. The minimum absolute atomic E-state index is 0.115. The molecular weight excluding hydrogens is 388 g/mol. The van der Waals surface area contributed by atoms with Gasteiger partial charge < -0.3 is 9.88 Å². The number of para-hydroxylation sites is 2. The second-order valence-electron chi connectivity index (χ2n) is 8.25. The SMILES string of the molecule is CCCS(=O)(=O)N1CCCC(C(=O)N2CCC(c3nc4ccccc4[nH]3)CC2)C1. The molecule has 2 saturated heterocycles. The molecule has 1 N–H and O–H groups in total. The molecule has 0 spiro atoms. The van der Waals surface area contributed by atoms with E-state index in [0.717, 1.165) is 42.5 Å². The Kier molecular flexibility index (Phi) is 5.92. The first-order valence-corrected chi connectivity index (χ1v) is 12.3. The van der Waals surface area contributed by atoms with E-state index < -0.39 is 10.0 Å². The molecule has 1 aromatic heterocycles. The third-order valence-electron chi connectivity index (χ3n) is 6.19. The Morgan fingerprint density at radius 2 is 1.93 bits per heavy atom. The highest BCUT2D eigenvalue weighted by Crippen LogP contribution is 2.30. The maximum Gasteiger partial charge on any atom is 0.227 e. The van der Waals surface area contributed by atoms with E-state index >= 15 is 0 Å². The van der Waals surface area contributed by atoms with Gasteiger partial charge in [0.2, 0.25) is 15.9 Å². The molecule has 7 nitrogen and oxygen atoms in total. The smallest absolute Gasteiger partial charge is 0.227 e. The van der Waals surface area contributed by atoms with Crippen molar-refractivity contribution in [3.63, 3.8) is 0 Å². The van der Waals surface area contributed by atoms with E-state index in [4.69, 9.17) is 4.98 Å². The number of hydrogen-bond donors (Lipinski definition) is 1. The molecule has 3 heterocycles. The van der Waals surface area contributed by atoms with Gasteiger partial charge in [-0.05, 0) is 44.2 Å². The highest BCUT2D eigenvalue weighted by Gasteiger charge is 2.35. The van der Waals surface area contributed by atoms with Crippen LogP contribution in [0.1, 0.15) is 50.8 Å². The number of fused-ring (bicyclic) bond motifs is 1. The number of sulfonamides is 1. The monoisotopic (exact) mass is 418 g/mol. The van der Waals surface area contributed by atoms with Crippen LogP contribution in [-0.4, -0.2) is 65.4 Å². The summed E-state index contributed by atoms with van der Waals surface area (Å²) in [6.07, 6.45) is 3.91. The number of aromatic amines is 1. The van der Waals surface area contributed by atoms with Crippen LogP contribution >= 0.6 is 0 Å². The van der Waals surface area contributed by atoms with Crippen molar-refractivity contribution in [2.75, 3.05) is 31.9 Å². The first-order valence-electron chi connectivity index (χ1n) is 10.7. The zero-order valence-corrected chi connectivity index (χ0v) is 17.8. The van der Waals surface area contributed by atoms with Crippen LogP contribution in [0.3, 0.4) is 0 Å². The van der Waals surface area contributed by atoms with Gasteiger partial charge in [-0.2, -0.15) is 0 Å². The Labute approximate surface area is 172 Å². The zero-order chi connectivity index (χ0) is 20.4. The summed E-state index contributed by atoms with van der Waals surface area (Å²) in [6, 6.07) is 8.03. The molecular formula is C21H30N4O3S. The number of carbonyl (C=O) groups excluding carboxylic acids is 1. The molecule has 8 heteroatoms. The van der Waals surface area contributed by atoms with Crippen LogP contribution in [0.25, 0.3) is 11.0 Å². The van der Waals surface area contributed by atoms with Crippen LogP contribution in [0.5, 0.6) is 0 Å². The number of H-pyrrole nitrogens is 1. The number of aromatic nitrogens is 2. The molecule has 2 fully saturated rings. The maximum absolute atomic E-state index is 13.0. The van der Waals surface area contributed by atoms with Gasteiger partial charge in [-0.15, -0.1) is 0 Å². The van der Waals surface area contributed by atoms with Crippen LogP contribution in [-0.2, 0) is 14.8 Å². The van der Waals surface area contributed by atoms with Crippen molar-refractivity contribution in [3.05, 3.63) is 30.1 Å². The predicted octanol–water partition coefficient (Wildman–Crippen LogP) is 2.72. The molecule has 0 aliphatic carbocycles. The molecule has 1 aromatic carbocycles. The Bertz CT molecular complexity index is 930. The lowest BCUT2D eigenvalue weighted by atomic mass is 9.93. The van der Waals surface area contributed by atoms with Crippen molar-refractivity contribution in [1.29, 1.82) is 0 Å². The fourth-order valence-electron chi connectivity index (χ4n) is 4.58. The molecule has 2 aliphatic heterocycles. The van der Waals surface area contributed by atoms with Crippen molar-refractivity contribution >= 4 is 27.0 Å². The molecule has 29 heavy (non-hydrogen) atoms. The van der Waals surface area contributed by atoms with Crippen molar-refractivity contribution in [2.45, 2.75) is 44.9 Å². The van der Waals surface area contributed by atoms with Gasteiger partial charge in [0.1, 0.15) is 5.82 Å². The number of benzene rings is 1. The number of likely N-dealkylation sites (tertiary alicyclic amines) is 1.